The lowest BCUT2D eigenvalue weighted by Gasteiger charge is -2.13. The Hall–Kier alpha value is -2.01. The van der Waals surface area contributed by atoms with E-state index in [1.807, 2.05) is 32.0 Å². The Morgan fingerprint density at radius 3 is 2.16 bits per heavy atom. The number of sulfonamides is 1. The van der Waals surface area contributed by atoms with E-state index in [9.17, 15) is 13.5 Å². The van der Waals surface area contributed by atoms with Gasteiger partial charge in [0.2, 0.25) is 0 Å². The molecule has 0 aliphatic carbocycles. The highest BCUT2D eigenvalue weighted by Gasteiger charge is 2.16. The summed E-state index contributed by atoms with van der Waals surface area (Å²) in [5.74, 6) is -0.0793. The van der Waals surface area contributed by atoms with Gasteiger partial charge in [-0.05, 0) is 37.1 Å². The maximum absolute atomic E-state index is 12.2. The van der Waals surface area contributed by atoms with E-state index in [1.165, 1.54) is 24.3 Å². The van der Waals surface area contributed by atoms with Crippen molar-refractivity contribution in [3.05, 3.63) is 53.6 Å². The number of aromatic hydroxyl groups is 1. The number of para-hydroxylation sites is 1. The van der Waals surface area contributed by atoms with E-state index >= 15 is 0 Å². The van der Waals surface area contributed by atoms with Crippen LogP contribution in [0.4, 0.5) is 5.69 Å². The quantitative estimate of drug-likeness (QED) is 0.906. The number of anilines is 1. The molecule has 2 aromatic carbocycles. The van der Waals surface area contributed by atoms with Gasteiger partial charge in [0, 0.05) is 6.07 Å². The van der Waals surface area contributed by atoms with Gasteiger partial charge in [-0.25, -0.2) is 8.42 Å². The van der Waals surface area contributed by atoms with E-state index < -0.39 is 10.0 Å². The van der Waals surface area contributed by atoms with E-state index in [2.05, 4.69) is 4.72 Å². The first kappa shape index (κ1) is 13.4. The van der Waals surface area contributed by atoms with Crippen LogP contribution in [0.2, 0.25) is 0 Å². The number of hydrogen-bond donors (Lipinski definition) is 2. The second-order valence-corrected chi connectivity index (χ2v) is 6.05. The summed E-state index contributed by atoms with van der Waals surface area (Å²) in [6.07, 6.45) is 0. The summed E-state index contributed by atoms with van der Waals surface area (Å²) < 4.78 is 27.0. The molecule has 0 saturated carbocycles. The summed E-state index contributed by atoms with van der Waals surface area (Å²) in [5, 5.41) is 9.36. The van der Waals surface area contributed by atoms with E-state index in [4.69, 9.17) is 0 Å². The third-order valence-corrected chi connectivity index (χ3v) is 4.19. The topological polar surface area (TPSA) is 66.4 Å². The molecule has 100 valence electrons. The summed E-state index contributed by atoms with van der Waals surface area (Å²) in [7, 11) is -3.69. The molecule has 0 saturated heterocycles. The summed E-state index contributed by atoms with van der Waals surface area (Å²) in [6, 6.07) is 11.1. The van der Waals surface area contributed by atoms with Gasteiger partial charge in [0.15, 0.2) is 0 Å². The van der Waals surface area contributed by atoms with Crippen LogP contribution in [0.25, 0.3) is 0 Å². The number of aryl methyl sites for hydroxylation is 2. The van der Waals surface area contributed by atoms with Crippen LogP contribution in [0.1, 0.15) is 11.1 Å². The molecule has 19 heavy (non-hydrogen) atoms. The van der Waals surface area contributed by atoms with Crippen LogP contribution in [0.5, 0.6) is 5.75 Å². The molecule has 0 atom stereocenters. The molecule has 4 nitrogen and oxygen atoms in total. The molecule has 2 aromatic rings. The molecule has 0 radical (unpaired) electrons. The second-order valence-electron chi connectivity index (χ2n) is 4.37. The minimum absolute atomic E-state index is 0.0372. The van der Waals surface area contributed by atoms with Crippen molar-refractivity contribution in [3.63, 3.8) is 0 Å². The van der Waals surface area contributed by atoms with Crippen LogP contribution in [0, 0.1) is 13.8 Å². The fourth-order valence-electron chi connectivity index (χ4n) is 1.82. The molecule has 0 heterocycles. The van der Waals surface area contributed by atoms with Crippen molar-refractivity contribution < 1.29 is 13.5 Å². The van der Waals surface area contributed by atoms with Crippen LogP contribution in [0.3, 0.4) is 0 Å². The van der Waals surface area contributed by atoms with Crippen molar-refractivity contribution in [2.75, 3.05) is 4.72 Å². The SMILES string of the molecule is Cc1cccc(C)c1NS(=O)(=O)c1cccc(O)c1. The highest BCUT2D eigenvalue weighted by atomic mass is 32.2. The summed E-state index contributed by atoms with van der Waals surface area (Å²) >= 11 is 0. The van der Waals surface area contributed by atoms with Gasteiger partial charge in [0.05, 0.1) is 10.6 Å². The van der Waals surface area contributed by atoms with E-state index in [-0.39, 0.29) is 10.6 Å². The fraction of sp³-hybridized carbons (Fsp3) is 0.143. The van der Waals surface area contributed by atoms with Crippen molar-refractivity contribution in [2.24, 2.45) is 0 Å². The molecule has 0 unspecified atom stereocenters. The lowest BCUT2D eigenvalue weighted by Crippen LogP contribution is -2.14. The predicted molar refractivity (Wildman–Crippen MR) is 74.8 cm³/mol. The number of rotatable bonds is 3. The monoisotopic (exact) mass is 277 g/mol. The molecule has 0 aliphatic rings. The van der Waals surface area contributed by atoms with E-state index in [1.54, 1.807) is 0 Å². The highest BCUT2D eigenvalue weighted by molar-refractivity contribution is 7.92. The zero-order chi connectivity index (χ0) is 14.0. The van der Waals surface area contributed by atoms with Crippen molar-refractivity contribution >= 4 is 15.7 Å². The van der Waals surface area contributed by atoms with Gasteiger partial charge in [-0.1, -0.05) is 24.3 Å². The number of phenolic OH excluding ortho intramolecular Hbond substituents is 1. The molecule has 0 bridgehead atoms. The van der Waals surface area contributed by atoms with Crippen LogP contribution in [0.15, 0.2) is 47.4 Å². The van der Waals surface area contributed by atoms with Gasteiger partial charge in [0.1, 0.15) is 5.75 Å². The molecule has 0 aromatic heterocycles. The standard InChI is InChI=1S/C14H15NO3S/c1-10-5-3-6-11(2)14(10)15-19(17,18)13-8-4-7-12(16)9-13/h3-9,15-16H,1-2H3. The van der Waals surface area contributed by atoms with Crippen molar-refractivity contribution in [2.45, 2.75) is 18.7 Å². The van der Waals surface area contributed by atoms with Gasteiger partial charge in [-0.2, -0.15) is 0 Å². The Kier molecular flexibility index (Phi) is 3.48. The lowest BCUT2D eigenvalue weighted by atomic mass is 10.1. The number of benzene rings is 2. The zero-order valence-electron chi connectivity index (χ0n) is 10.7. The number of phenols is 1. The number of nitrogens with one attached hydrogen (secondary N) is 1. The largest absolute Gasteiger partial charge is 0.508 e. The Labute approximate surface area is 112 Å². The Balaban J connectivity index is 2.42. The van der Waals surface area contributed by atoms with Crippen LogP contribution >= 0.6 is 0 Å². The van der Waals surface area contributed by atoms with Gasteiger partial charge in [-0.3, -0.25) is 4.72 Å². The smallest absolute Gasteiger partial charge is 0.262 e. The number of hydrogen-bond acceptors (Lipinski definition) is 3. The Morgan fingerprint density at radius 2 is 1.58 bits per heavy atom. The van der Waals surface area contributed by atoms with Gasteiger partial charge in [0.25, 0.3) is 10.0 Å². The van der Waals surface area contributed by atoms with Gasteiger partial charge < -0.3 is 5.11 Å². The maximum atomic E-state index is 12.2. The molecular formula is C14H15NO3S. The first-order valence-electron chi connectivity index (χ1n) is 5.78. The molecule has 0 fully saturated rings. The van der Waals surface area contributed by atoms with Crippen molar-refractivity contribution in [1.82, 2.24) is 0 Å². The summed E-state index contributed by atoms with van der Waals surface area (Å²) in [5.41, 5.74) is 2.28. The van der Waals surface area contributed by atoms with E-state index in [0.717, 1.165) is 11.1 Å². The first-order valence-corrected chi connectivity index (χ1v) is 7.26. The van der Waals surface area contributed by atoms with Crippen molar-refractivity contribution in [3.8, 4) is 5.75 Å². The highest BCUT2D eigenvalue weighted by Crippen LogP contribution is 2.24. The average molecular weight is 277 g/mol. The minimum Gasteiger partial charge on any atom is -0.508 e. The summed E-state index contributed by atoms with van der Waals surface area (Å²) in [6.45, 7) is 3.68. The third-order valence-electron chi connectivity index (χ3n) is 2.85. The molecule has 5 heteroatoms. The van der Waals surface area contributed by atoms with Crippen LogP contribution in [-0.2, 0) is 10.0 Å². The molecule has 2 rings (SSSR count). The van der Waals surface area contributed by atoms with Gasteiger partial charge >= 0.3 is 0 Å². The summed E-state index contributed by atoms with van der Waals surface area (Å²) in [4.78, 5) is 0.0372. The minimum atomic E-state index is -3.69. The second kappa shape index (κ2) is 4.93. The first-order chi connectivity index (χ1) is 8.90. The predicted octanol–water partition coefficient (Wildman–Crippen LogP) is 2.81. The zero-order valence-corrected chi connectivity index (χ0v) is 11.5. The Morgan fingerprint density at radius 1 is 1.00 bits per heavy atom. The Bertz CT molecular complexity index is 688. The molecule has 2 N–H and O–H groups in total. The average Bonchev–Trinajstić information content (AvgIpc) is 2.34. The van der Waals surface area contributed by atoms with Gasteiger partial charge in [-0.15, -0.1) is 0 Å². The fourth-order valence-corrected chi connectivity index (χ4v) is 3.06. The molecule has 0 amide bonds. The maximum Gasteiger partial charge on any atom is 0.262 e. The molecule has 0 aliphatic heterocycles. The normalized spacial score (nSPS) is 11.3. The van der Waals surface area contributed by atoms with Crippen LogP contribution in [-0.4, -0.2) is 13.5 Å². The lowest BCUT2D eigenvalue weighted by molar-refractivity contribution is 0.473. The molecule has 0 spiro atoms. The van der Waals surface area contributed by atoms with Crippen LogP contribution < -0.4 is 4.72 Å². The van der Waals surface area contributed by atoms with E-state index in [0.29, 0.717) is 5.69 Å². The molecular weight excluding hydrogens is 262 g/mol. The van der Waals surface area contributed by atoms with Crippen molar-refractivity contribution in [1.29, 1.82) is 0 Å². The third kappa shape index (κ3) is 2.88.